The Hall–Kier alpha value is -1.82. The van der Waals surface area contributed by atoms with Crippen LogP contribution in [0.25, 0.3) is 11.4 Å². The molecule has 0 amide bonds. The third-order valence-corrected chi connectivity index (χ3v) is 2.31. The SMILES string of the molecule is Cc1ccc(F)cc1-c1nc(=S)nc(N)[nH]1. The van der Waals surface area contributed by atoms with E-state index in [1.807, 2.05) is 6.92 Å². The number of halogens is 1. The number of anilines is 1. The zero-order valence-corrected chi connectivity index (χ0v) is 9.31. The van der Waals surface area contributed by atoms with E-state index < -0.39 is 0 Å². The molecule has 0 aliphatic heterocycles. The summed E-state index contributed by atoms with van der Waals surface area (Å²) in [6, 6.07) is 4.43. The zero-order valence-electron chi connectivity index (χ0n) is 8.49. The van der Waals surface area contributed by atoms with Gasteiger partial charge in [-0.3, -0.25) is 0 Å². The van der Waals surface area contributed by atoms with E-state index in [4.69, 9.17) is 18.0 Å². The van der Waals surface area contributed by atoms with Gasteiger partial charge in [0, 0.05) is 5.56 Å². The summed E-state index contributed by atoms with van der Waals surface area (Å²) >= 11 is 4.85. The largest absolute Gasteiger partial charge is 0.369 e. The number of nitrogens with zero attached hydrogens (tertiary/aromatic N) is 2. The highest BCUT2D eigenvalue weighted by Crippen LogP contribution is 2.20. The number of nitrogens with two attached hydrogens (primary N) is 1. The Morgan fingerprint density at radius 3 is 2.81 bits per heavy atom. The number of nitrogen functional groups attached to an aromatic ring is 1. The molecule has 1 aromatic heterocycles. The van der Waals surface area contributed by atoms with Gasteiger partial charge in [0.2, 0.25) is 10.7 Å². The lowest BCUT2D eigenvalue weighted by molar-refractivity contribution is 0.627. The highest BCUT2D eigenvalue weighted by Gasteiger charge is 2.06. The van der Waals surface area contributed by atoms with Crippen LogP contribution in [0, 0.1) is 17.5 Å². The molecule has 0 bridgehead atoms. The predicted octanol–water partition coefficient (Wildman–Crippen LogP) is 2.23. The molecule has 0 saturated heterocycles. The summed E-state index contributed by atoms with van der Waals surface area (Å²) in [5, 5.41) is 0. The first-order valence-electron chi connectivity index (χ1n) is 4.56. The van der Waals surface area contributed by atoms with Crippen LogP contribution in [0.4, 0.5) is 10.3 Å². The Morgan fingerprint density at radius 2 is 2.12 bits per heavy atom. The van der Waals surface area contributed by atoms with Gasteiger partial charge < -0.3 is 10.7 Å². The van der Waals surface area contributed by atoms with Crippen LogP contribution in [0.3, 0.4) is 0 Å². The smallest absolute Gasteiger partial charge is 0.224 e. The van der Waals surface area contributed by atoms with Crippen molar-refractivity contribution in [2.24, 2.45) is 0 Å². The van der Waals surface area contributed by atoms with Gasteiger partial charge >= 0.3 is 0 Å². The molecule has 3 N–H and O–H groups in total. The summed E-state index contributed by atoms with van der Waals surface area (Å²) in [5.74, 6) is 0.255. The molecule has 0 spiro atoms. The summed E-state index contributed by atoms with van der Waals surface area (Å²) < 4.78 is 13.3. The third kappa shape index (κ3) is 2.06. The highest BCUT2D eigenvalue weighted by atomic mass is 32.1. The van der Waals surface area contributed by atoms with E-state index in [2.05, 4.69) is 15.0 Å². The lowest BCUT2D eigenvalue weighted by atomic mass is 10.1. The fourth-order valence-electron chi connectivity index (χ4n) is 1.38. The molecule has 2 rings (SSSR count). The van der Waals surface area contributed by atoms with Crippen LogP contribution in [0.15, 0.2) is 18.2 Å². The van der Waals surface area contributed by atoms with Crippen molar-refractivity contribution in [1.29, 1.82) is 0 Å². The quantitative estimate of drug-likeness (QED) is 0.745. The summed E-state index contributed by atoms with van der Waals surface area (Å²) in [5.41, 5.74) is 7.02. The van der Waals surface area contributed by atoms with Crippen molar-refractivity contribution < 1.29 is 4.39 Å². The molecule has 0 fully saturated rings. The van der Waals surface area contributed by atoms with Gasteiger partial charge in [0.15, 0.2) is 0 Å². The maximum atomic E-state index is 13.1. The molecule has 0 aliphatic carbocycles. The van der Waals surface area contributed by atoms with E-state index in [1.165, 1.54) is 12.1 Å². The number of hydrogen-bond donors (Lipinski definition) is 2. The zero-order chi connectivity index (χ0) is 11.7. The Morgan fingerprint density at radius 1 is 1.38 bits per heavy atom. The predicted molar refractivity (Wildman–Crippen MR) is 61.8 cm³/mol. The van der Waals surface area contributed by atoms with Gasteiger partial charge in [-0.25, -0.2) is 9.37 Å². The maximum Gasteiger partial charge on any atom is 0.224 e. The number of H-pyrrole nitrogens is 1. The number of rotatable bonds is 1. The van der Waals surface area contributed by atoms with Crippen LogP contribution in [0.2, 0.25) is 0 Å². The Balaban J connectivity index is 2.66. The van der Waals surface area contributed by atoms with Crippen LogP contribution in [-0.2, 0) is 0 Å². The lowest BCUT2D eigenvalue weighted by Crippen LogP contribution is -2.00. The van der Waals surface area contributed by atoms with E-state index in [0.717, 1.165) is 5.56 Å². The number of nitrogens with one attached hydrogen (secondary N) is 1. The first kappa shape index (κ1) is 10.7. The monoisotopic (exact) mass is 236 g/mol. The number of aryl methyl sites for hydroxylation is 1. The average Bonchev–Trinajstić information content (AvgIpc) is 2.20. The second-order valence-electron chi connectivity index (χ2n) is 3.32. The minimum absolute atomic E-state index is 0.134. The molecular weight excluding hydrogens is 227 g/mol. The molecule has 0 saturated carbocycles. The molecular formula is C10H9FN4S. The van der Waals surface area contributed by atoms with Gasteiger partial charge in [-0.15, -0.1) is 0 Å². The molecule has 1 aromatic carbocycles. The van der Waals surface area contributed by atoms with E-state index in [1.54, 1.807) is 6.07 Å². The normalized spacial score (nSPS) is 10.4. The molecule has 1 heterocycles. The standard InChI is InChI=1S/C10H9FN4S/c1-5-2-3-6(11)4-7(5)8-13-9(12)15-10(16)14-8/h2-4H,1H3,(H3,12,13,14,15,16). The Labute approximate surface area is 96.4 Å². The van der Waals surface area contributed by atoms with Crippen molar-refractivity contribution in [1.82, 2.24) is 15.0 Å². The highest BCUT2D eigenvalue weighted by molar-refractivity contribution is 7.71. The summed E-state index contributed by atoms with van der Waals surface area (Å²) in [4.78, 5) is 10.5. The van der Waals surface area contributed by atoms with Crippen molar-refractivity contribution in [3.8, 4) is 11.4 Å². The number of aromatic nitrogens is 3. The van der Waals surface area contributed by atoms with Gasteiger partial charge in [0.05, 0.1) is 0 Å². The molecule has 0 aliphatic rings. The summed E-state index contributed by atoms with van der Waals surface area (Å²) in [7, 11) is 0. The summed E-state index contributed by atoms with van der Waals surface area (Å²) in [6.45, 7) is 1.85. The van der Waals surface area contributed by atoms with Crippen molar-refractivity contribution >= 4 is 18.2 Å². The second-order valence-corrected chi connectivity index (χ2v) is 3.69. The second kappa shape index (κ2) is 3.97. The molecule has 0 atom stereocenters. The minimum Gasteiger partial charge on any atom is -0.369 e. The van der Waals surface area contributed by atoms with Gasteiger partial charge in [-0.2, -0.15) is 4.98 Å². The molecule has 0 unspecified atom stereocenters. The molecule has 6 heteroatoms. The van der Waals surface area contributed by atoms with Crippen LogP contribution in [0.5, 0.6) is 0 Å². The van der Waals surface area contributed by atoms with E-state index in [-0.39, 0.29) is 16.5 Å². The van der Waals surface area contributed by atoms with E-state index in [0.29, 0.717) is 11.4 Å². The number of benzene rings is 1. The lowest BCUT2D eigenvalue weighted by Gasteiger charge is -2.05. The van der Waals surface area contributed by atoms with Gasteiger partial charge in [0.1, 0.15) is 11.6 Å². The van der Waals surface area contributed by atoms with Gasteiger partial charge in [0.25, 0.3) is 0 Å². The van der Waals surface area contributed by atoms with Crippen molar-refractivity contribution in [2.75, 3.05) is 5.73 Å². The van der Waals surface area contributed by atoms with Crippen molar-refractivity contribution in [3.05, 3.63) is 34.4 Å². The Kier molecular flexibility index (Phi) is 2.66. The molecule has 16 heavy (non-hydrogen) atoms. The summed E-state index contributed by atoms with van der Waals surface area (Å²) in [6.07, 6.45) is 0. The Bertz CT molecular complexity index is 594. The maximum absolute atomic E-state index is 13.1. The molecule has 82 valence electrons. The van der Waals surface area contributed by atoms with E-state index >= 15 is 0 Å². The fourth-order valence-corrected chi connectivity index (χ4v) is 1.57. The van der Waals surface area contributed by atoms with Crippen LogP contribution in [-0.4, -0.2) is 15.0 Å². The molecule has 2 aromatic rings. The first-order valence-corrected chi connectivity index (χ1v) is 4.97. The number of aromatic amines is 1. The van der Waals surface area contributed by atoms with Gasteiger partial charge in [-0.1, -0.05) is 6.07 Å². The first-order chi connectivity index (χ1) is 7.56. The topological polar surface area (TPSA) is 67.6 Å². The van der Waals surface area contributed by atoms with Crippen molar-refractivity contribution in [3.63, 3.8) is 0 Å². The fraction of sp³-hybridized carbons (Fsp3) is 0.100. The molecule has 0 radical (unpaired) electrons. The number of hydrogen-bond acceptors (Lipinski definition) is 4. The van der Waals surface area contributed by atoms with Crippen LogP contribution >= 0.6 is 12.2 Å². The van der Waals surface area contributed by atoms with Crippen LogP contribution < -0.4 is 5.73 Å². The third-order valence-electron chi connectivity index (χ3n) is 2.12. The molecule has 4 nitrogen and oxygen atoms in total. The van der Waals surface area contributed by atoms with Gasteiger partial charge in [-0.05, 0) is 36.8 Å². The minimum atomic E-state index is -0.336. The van der Waals surface area contributed by atoms with Crippen molar-refractivity contribution in [2.45, 2.75) is 6.92 Å². The average molecular weight is 236 g/mol. The van der Waals surface area contributed by atoms with E-state index in [9.17, 15) is 4.39 Å². The van der Waals surface area contributed by atoms with Crippen LogP contribution in [0.1, 0.15) is 5.56 Å².